The topological polar surface area (TPSA) is 12.4 Å². The van der Waals surface area contributed by atoms with Crippen molar-refractivity contribution in [1.82, 2.24) is 0 Å². The minimum atomic E-state index is -1.12. The third-order valence-corrected chi connectivity index (χ3v) is 9.48. The minimum absolute atomic E-state index is 0. The summed E-state index contributed by atoms with van der Waals surface area (Å²) < 4.78 is 5.43. The molecule has 0 N–H and O–H groups in total. The molecular formula is C26H48NPTi. The van der Waals surface area contributed by atoms with Crippen LogP contribution in [0.3, 0.4) is 0 Å². The van der Waals surface area contributed by atoms with Gasteiger partial charge in [-0.3, -0.25) is 4.74 Å². The van der Waals surface area contributed by atoms with Crippen molar-refractivity contribution in [2.75, 3.05) is 18.5 Å². The monoisotopic (exact) mass is 453 g/mol. The van der Waals surface area contributed by atoms with Gasteiger partial charge in [-0.25, -0.2) is 0 Å². The molecule has 0 aliphatic heterocycles. The SMILES string of the molecule is C=C(C)C(=C)C.CCCCCP(CCCCC)(CCCCC)=NC1=CC=CC1.[Ti]. The fourth-order valence-electron chi connectivity index (χ4n) is 3.24. The Morgan fingerprint density at radius 2 is 1.24 bits per heavy atom. The molecule has 0 aromatic rings. The van der Waals surface area contributed by atoms with Crippen molar-refractivity contribution < 1.29 is 21.7 Å². The van der Waals surface area contributed by atoms with Gasteiger partial charge in [-0.2, -0.15) is 0 Å². The zero-order valence-corrected chi connectivity index (χ0v) is 22.7. The number of nitrogens with zero attached hydrogens (tertiary/aromatic N) is 1. The molecule has 0 saturated carbocycles. The van der Waals surface area contributed by atoms with Gasteiger partial charge in [0.05, 0.1) is 0 Å². The van der Waals surface area contributed by atoms with Crippen molar-refractivity contribution in [3.63, 3.8) is 0 Å². The molecular weight excluding hydrogens is 405 g/mol. The summed E-state index contributed by atoms with van der Waals surface area (Å²) in [7, 11) is -1.12. The van der Waals surface area contributed by atoms with Gasteiger partial charge in [-0.1, -0.05) is 95.8 Å². The minimum Gasteiger partial charge on any atom is -0.272 e. The van der Waals surface area contributed by atoms with Crippen molar-refractivity contribution in [2.24, 2.45) is 4.74 Å². The average Bonchev–Trinajstić information content (AvgIpc) is 3.15. The molecule has 1 aliphatic carbocycles. The van der Waals surface area contributed by atoms with Crippen molar-refractivity contribution in [3.8, 4) is 0 Å². The molecule has 0 atom stereocenters. The van der Waals surface area contributed by atoms with E-state index in [0.717, 1.165) is 17.6 Å². The van der Waals surface area contributed by atoms with Crippen LogP contribution in [0.4, 0.5) is 0 Å². The summed E-state index contributed by atoms with van der Waals surface area (Å²) in [5.74, 6) is 0. The zero-order valence-electron chi connectivity index (χ0n) is 20.2. The predicted octanol–water partition coefficient (Wildman–Crippen LogP) is 9.74. The number of unbranched alkanes of at least 4 members (excludes halogenated alkanes) is 6. The smallest absolute Gasteiger partial charge is 0.0425 e. The van der Waals surface area contributed by atoms with Crippen molar-refractivity contribution in [2.45, 2.75) is 98.8 Å². The standard InChI is InChI=1S/C20H38NP.C6H10.Ti/c1-4-7-12-17-22(18-13-8-5-2,19-14-9-6-3)21-20-15-10-11-16-20;1-5(2)6(3)4;/h10-11,15H,4-9,12-14,16-19H2,1-3H3;1,3H2,2,4H3;. The third kappa shape index (κ3) is 16.3. The quantitative estimate of drug-likeness (QED) is 0.107. The van der Waals surface area contributed by atoms with Crippen LogP contribution < -0.4 is 0 Å². The van der Waals surface area contributed by atoms with E-state index in [-0.39, 0.29) is 21.7 Å². The molecule has 0 fully saturated rings. The Bertz CT molecular complexity index is 512. The number of hydrogen-bond donors (Lipinski definition) is 0. The van der Waals surface area contributed by atoms with Crippen LogP contribution in [0, 0.1) is 0 Å². The molecule has 0 radical (unpaired) electrons. The normalized spacial score (nSPS) is 12.5. The van der Waals surface area contributed by atoms with Crippen LogP contribution >= 0.6 is 7.05 Å². The number of rotatable bonds is 14. The maximum absolute atomic E-state index is 5.43. The Balaban J connectivity index is 0. The fourth-order valence-corrected chi connectivity index (χ4v) is 7.34. The van der Waals surface area contributed by atoms with Crippen LogP contribution in [0.1, 0.15) is 98.8 Å². The van der Waals surface area contributed by atoms with E-state index < -0.39 is 7.05 Å². The zero-order chi connectivity index (χ0) is 21.3. The molecule has 29 heavy (non-hydrogen) atoms. The summed E-state index contributed by atoms with van der Waals surface area (Å²) in [6, 6.07) is 0. The van der Waals surface area contributed by atoms with E-state index in [1.807, 2.05) is 13.8 Å². The van der Waals surface area contributed by atoms with Crippen molar-refractivity contribution >= 4 is 7.05 Å². The second kappa shape index (κ2) is 19.8. The largest absolute Gasteiger partial charge is 0.272 e. The third-order valence-electron chi connectivity index (χ3n) is 5.35. The Hall–Kier alpha value is -0.0957. The maximum Gasteiger partial charge on any atom is 0.0425 e. The van der Waals surface area contributed by atoms with Crippen molar-refractivity contribution in [3.05, 3.63) is 48.2 Å². The van der Waals surface area contributed by atoms with Crippen LogP contribution in [-0.4, -0.2) is 18.5 Å². The van der Waals surface area contributed by atoms with Crippen LogP contribution in [-0.2, 0) is 21.7 Å². The maximum atomic E-state index is 5.43. The summed E-state index contributed by atoms with van der Waals surface area (Å²) in [5, 5.41) is 0. The van der Waals surface area contributed by atoms with Gasteiger partial charge in [0, 0.05) is 33.8 Å². The molecule has 0 unspecified atom stereocenters. The van der Waals surface area contributed by atoms with E-state index in [0.29, 0.717) is 0 Å². The van der Waals surface area contributed by atoms with E-state index in [9.17, 15) is 0 Å². The van der Waals surface area contributed by atoms with Gasteiger partial charge >= 0.3 is 0 Å². The van der Waals surface area contributed by atoms with Gasteiger partial charge in [-0.15, -0.1) is 0 Å². The summed E-state index contributed by atoms with van der Waals surface area (Å²) >= 11 is 0. The molecule has 0 bridgehead atoms. The molecule has 3 heteroatoms. The second-order valence-corrected chi connectivity index (χ2v) is 12.1. The summed E-state index contributed by atoms with van der Waals surface area (Å²) in [4.78, 5) is 0. The van der Waals surface area contributed by atoms with E-state index >= 15 is 0 Å². The van der Waals surface area contributed by atoms with E-state index in [1.165, 1.54) is 82.0 Å². The first-order valence-electron chi connectivity index (χ1n) is 11.7. The first-order valence-corrected chi connectivity index (χ1v) is 14.0. The molecule has 1 rings (SSSR count). The molecule has 166 valence electrons. The van der Waals surface area contributed by atoms with E-state index in [4.69, 9.17) is 4.74 Å². The molecule has 1 nitrogen and oxygen atoms in total. The van der Waals surface area contributed by atoms with Crippen LogP contribution in [0.15, 0.2) is 53.0 Å². The first kappa shape index (κ1) is 31.1. The van der Waals surface area contributed by atoms with Gasteiger partial charge in [0.1, 0.15) is 0 Å². The fraction of sp³-hybridized carbons (Fsp3) is 0.692. The number of hydrogen-bond acceptors (Lipinski definition) is 1. The molecule has 0 amide bonds. The first-order chi connectivity index (χ1) is 13.4. The average molecular weight is 454 g/mol. The van der Waals surface area contributed by atoms with Gasteiger partial charge in [0.2, 0.25) is 0 Å². The predicted molar refractivity (Wildman–Crippen MR) is 134 cm³/mol. The molecule has 0 heterocycles. The summed E-state index contributed by atoms with van der Waals surface area (Å²) in [5.41, 5.74) is 3.50. The van der Waals surface area contributed by atoms with Crippen LogP contribution in [0.25, 0.3) is 0 Å². The summed E-state index contributed by atoms with van der Waals surface area (Å²) in [6.07, 6.45) is 24.3. The molecule has 1 aliphatic rings. The number of allylic oxidation sites excluding steroid dienone is 5. The van der Waals surface area contributed by atoms with Gasteiger partial charge in [0.15, 0.2) is 0 Å². The van der Waals surface area contributed by atoms with Gasteiger partial charge < -0.3 is 0 Å². The van der Waals surface area contributed by atoms with E-state index in [2.05, 4.69) is 52.2 Å². The Morgan fingerprint density at radius 3 is 1.52 bits per heavy atom. The van der Waals surface area contributed by atoms with Gasteiger partial charge in [-0.05, 0) is 64.7 Å². The van der Waals surface area contributed by atoms with Crippen LogP contribution in [0.5, 0.6) is 0 Å². The molecule has 0 saturated heterocycles. The molecule has 0 aromatic carbocycles. The Labute approximate surface area is 198 Å². The van der Waals surface area contributed by atoms with E-state index in [1.54, 1.807) is 0 Å². The van der Waals surface area contributed by atoms with Crippen LogP contribution in [0.2, 0.25) is 0 Å². The second-order valence-electron chi connectivity index (χ2n) is 8.34. The Morgan fingerprint density at radius 1 is 0.828 bits per heavy atom. The van der Waals surface area contributed by atoms with Gasteiger partial charge in [0.25, 0.3) is 0 Å². The molecule has 0 spiro atoms. The Kier molecular flexibility index (Phi) is 21.3. The molecule has 0 aromatic heterocycles. The van der Waals surface area contributed by atoms with Crippen molar-refractivity contribution in [1.29, 1.82) is 0 Å². The summed E-state index contributed by atoms with van der Waals surface area (Å²) in [6.45, 7) is 18.1.